The van der Waals surface area contributed by atoms with Crippen molar-refractivity contribution in [1.82, 2.24) is 24.0 Å². The molecule has 2 aliphatic carbocycles. The molecule has 31 heavy (non-hydrogen) atoms. The molecule has 0 aliphatic heterocycles. The van der Waals surface area contributed by atoms with E-state index in [1.807, 2.05) is 6.07 Å². The summed E-state index contributed by atoms with van der Waals surface area (Å²) in [7, 11) is 1.58. The average molecular weight is 419 g/mol. The zero-order chi connectivity index (χ0) is 21.5. The summed E-state index contributed by atoms with van der Waals surface area (Å²) in [6, 6.07) is 8.85. The van der Waals surface area contributed by atoms with Gasteiger partial charge in [-0.3, -0.25) is 18.8 Å². The highest BCUT2D eigenvalue weighted by atomic mass is 16.6. The van der Waals surface area contributed by atoms with Crippen LogP contribution >= 0.6 is 0 Å². The topological polar surface area (TPSA) is 102 Å². The van der Waals surface area contributed by atoms with Gasteiger partial charge in [0.15, 0.2) is 17.0 Å². The van der Waals surface area contributed by atoms with Crippen LogP contribution in [0.1, 0.15) is 43.6 Å². The molecule has 2 aromatic heterocycles. The van der Waals surface area contributed by atoms with Crippen molar-refractivity contribution in [3.8, 4) is 17.6 Å². The van der Waals surface area contributed by atoms with Crippen LogP contribution < -0.4 is 16.0 Å². The smallest absolute Gasteiger partial charge is 0.410 e. The fourth-order valence-corrected chi connectivity index (χ4v) is 3.45. The van der Waals surface area contributed by atoms with Crippen molar-refractivity contribution >= 4 is 17.3 Å². The van der Waals surface area contributed by atoms with Crippen molar-refractivity contribution in [1.29, 1.82) is 0 Å². The number of fused-ring (bicyclic) bond motifs is 1. The van der Waals surface area contributed by atoms with Gasteiger partial charge in [0, 0.05) is 19.1 Å². The van der Waals surface area contributed by atoms with Crippen molar-refractivity contribution in [2.75, 3.05) is 13.6 Å². The van der Waals surface area contributed by atoms with E-state index in [0.29, 0.717) is 22.7 Å². The Morgan fingerprint density at radius 2 is 1.84 bits per heavy atom. The Labute approximate surface area is 177 Å². The molecular formula is C22H21N5O4. The second kappa shape index (κ2) is 7.47. The van der Waals surface area contributed by atoms with Gasteiger partial charge in [-0.15, -0.1) is 0 Å². The number of para-hydroxylation sites is 1. The Bertz CT molecular complexity index is 1330. The van der Waals surface area contributed by atoms with Gasteiger partial charge in [-0.1, -0.05) is 24.1 Å². The number of benzene rings is 1. The number of aromatic amines is 1. The number of aromatic nitrogens is 4. The first-order valence-electron chi connectivity index (χ1n) is 10.3. The van der Waals surface area contributed by atoms with Gasteiger partial charge in [-0.2, -0.15) is 0 Å². The lowest BCUT2D eigenvalue weighted by Crippen LogP contribution is -2.39. The Balaban J connectivity index is 1.38. The molecule has 1 N–H and O–H groups in total. The van der Waals surface area contributed by atoms with Crippen molar-refractivity contribution in [3.05, 3.63) is 57.0 Å². The normalized spacial score (nSPS) is 15.4. The Morgan fingerprint density at radius 1 is 1.16 bits per heavy atom. The summed E-state index contributed by atoms with van der Waals surface area (Å²) in [6.07, 6.45) is 2.97. The summed E-state index contributed by atoms with van der Waals surface area (Å²) in [5, 5.41) is 0. The maximum atomic E-state index is 12.9. The number of carbonyl (C=O) groups is 1. The molecule has 0 spiro atoms. The van der Waals surface area contributed by atoms with Crippen molar-refractivity contribution < 1.29 is 9.53 Å². The van der Waals surface area contributed by atoms with Crippen LogP contribution in [0.2, 0.25) is 0 Å². The number of nitrogens with one attached hydrogen (secondary N) is 1. The van der Waals surface area contributed by atoms with Gasteiger partial charge in [-0.05, 0) is 43.7 Å². The Hall–Kier alpha value is -3.80. The van der Waals surface area contributed by atoms with Crippen molar-refractivity contribution in [3.63, 3.8) is 0 Å². The highest BCUT2D eigenvalue weighted by Gasteiger charge is 2.34. The number of nitrogens with zero attached hydrogens (tertiary/aromatic N) is 4. The SMILES string of the molecule is CN(CC#Cc1nc2c([nH]1)c(=O)n(C1CC1)c(=O)n2C1CC1)C(=O)Oc1ccccc1. The first-order chi connectivity index (χ1) is 15.0. The predicted molar refractivity (Wildman–Crippen MR) is 113 cm³/mol. The highest BCUT2D eigenvalue weighted by molar-refractivity contribution is 5.72. The largest absolute Gasteiger partial charge is 0.415 e. The molecule has 2 fully saturated rings. The summed E-state index contributed by atoms with van der Waals surface area (Å²) >= 11 is 0. The predicted octanol–water partition coefficient (Wildman–Crippen LogP) is 2.04. The molecule has 9 nitrogen and oxygen atoms in total. The number of carbonyl (C=O) groups excluding carboxylic acids is 1. The zero-order valence-corrected chi connectivity index (χ0v) is 17.0. The van der Waals surface area contributed by atoms with Gasteiger partial charge >= 0.3 is 11.8 Å². The Kier molecular flexibility index (Phi) is 4.62. The number of amides is 1. The molecule has 0 saturated heterocycles. The molecule has 5 rings (SSSR count). The maximum Gasteiger partial charge on any atom is 0.415 e. The van der Waals surface area contributed by atoms with Gasteiger partial charge in [0.2, 0.25) is 0 Å². The van der Waals surface area contributed by atoms with Gasteiger partial charge < -0.3 is 9.72 Å². The minimum Gasteiger partial charge on any atom is -0.410 e. The lowest BCUT2D eigenvalue weighted by atomic mass is 10.3. The van der Waals surface area contributed by atoms with Gasteiger partial charge in [0.05, 0.1) is 6.54 Å². The molecular weight excluding hydrogens is 398 g/mol. The van der Waals surface area contributed by atoms with Gasteiger partial charge in [-0.25, -0.2) is 14.6 Å². The molecule has 2 aliphatic rings. The fraction of sp³-hybridized carbons (Fsp3) is 0.364. The molecule has 0 bridgehead atoms. The Morgan fingerprint density at radius 3 is 2.52 bits per heavy atom. The van der Waals surface area contributed by atoms with E-state index in [9.17, 15) is 14.4 Å². The lowest BCUT2D eigenvalue weighted by Gasteiger charge is -2.13. The molecule has 1 aromatic carbocycles. The van der Waals surface area contributed by atoms with Crippen LogP contribution in [-0.4, -0.2) is 43.7 Å². The van der Waals surface area contributed by atoms with E-state index in [1.54, 1.807) is 35.9 Å². The molecule has 0 radical (unpaired) electrons. The van der Waals surface area contributed by atoms with Crippen LogP contribution in [0.25, 0.3) is 11.2 Å². The third-order valence-corrected chi connectivity index (χ3v) is 5.36. The molecule has 158 valence electrons. The van der Waals surface area contributed by atoms with E-state index in [4.69, 9.17) is 4.74 Å². The lowest BCUT2D eigenvalue weighted by molar-refractivity contribution is 0.168. The van der Waals surface area contributed by atoms with Crippen LogP contribution in [0.3, 0.4) is 0 Å². The average Bonchev–Trinajstić information content (AvgIpc) is 3.68. The summed E-state index contributed by atoms with van der Waals surface area (Å²) in [4.78, 5) is 46.6. The number of ether oxygens (including phenoxy) is 1. The van der Waals surface area contributed by atoms with Crippen LogP contribution in [0.5, 0.6) is 5.75 Å². The van der Waals surface area contributed by atoms with Crippen molar-refractivity contribution in [2.24, 2.45) is 0 Å². The van der Waals surface area contributed by atoms with Crippen LogP contribution in [0.15, 0.2) is 39.9 Å². The maximum absolute atomic E-state index is 12.9. The number of hydrogen-bond acceptors (Lipinski definition) is 5. The van der Waals surface area contributed by atoms with Gasteiger partial charge in [0.25, 0.3) is 5.56 Å². The molecule has 2 saturated carbocycles. The first-order valence-corrected chi connectivity index (χ1v) is 10.3. The number of rotatable bonds is 4. The summed E-state index contributed by atoms with van der Waals surface area (Å²) < 4.78 is 8.24. The van der Waals surface area contributed by atoms with Crippen LogP contribution in [0.4, 0.5) is 4.79 Å². The van der Waals surface area contributed by atoms with Crippen LogP contribution in [-0.2, 0) is 0 Å². The molecule has 0 atom stereocenters. The van der Waals surface area contributed by atoms with Crippen LogP contribution in [0, 0.1) is 11.8 Å². The summed E-state index contributed by atoms with van der Waals surface area (Å²) in [5.41, 5.74) is 0.0375. The second-order valence-corrected chi connectivity index (χ2v) is 7.91. The second-order valence-electron chi connectivity index (χ2n) is 7.91. The molecule has 3 aromatic rings. The van der Waals surface area contributed by atoms with E-state index in [1.165, 1.54) is 9.47 Å². The minimum atomic E-state index is -0.528. The standard InChI is InChI=1S/C22H21N5O4/c1-25(22(30)31-16-6-3-2-4-7-16)13-5-8-17-23-18-19(24-17)26(14-9-10-14)21(29)27(20(18)28)15-11-12-15/h2-4,6-7,14-15H,9-13H2,1H3,(H,23,24). The fourth-order valence-electron chi connectivity index (χ4n) is 3.45. The van der Waals surface area contributed by atoms with Crippen molar-refractivity contribution in [2.45, 2.75) is 37.8 Å². The third-order valence-electron chi connectivity index (χ3n) is 5.36. The minimum absolute atomic E-state index is 0.0171. The van der Waals surface area contributed by atoms with E-state index >= 15 is 0 Å². The van der Waals surface area contributed by atoms with Gasteiger partial charge in [0.1, 0.15) is 5.75 Å². The number of hydrogen-bond donors (Lipinski definition) is 1. The third kappa shape index (κ3) is 3.72. The summed E-state index contributed by atoms with van der Waals surface area (Å²) in [6.45, 7) is 0.116. The quantitative estimate of drug-likeness (QED) is 0.652. The summed E-state index contributed by atoms with van der Waals surface area (Å²) in [5.74, 6) is 6.46. The molecule has 2 heterocycles. The number of H-pyrrole nitrogens is 1. The van der Waals surface area contributed by atoms with E-state index in [2.05, 4.69) is 21.8 Å². The van der Waals surface area contributed by atoms with E-state index < -0.39 is 6.09 Å². The van der Waals surface area contributed by atoms with E-state index in [-0.39, 0.29) is 29.9 Å². The van der Waals surface area contributed by atoms with E-state index in [0.717, 1.165) is 25.7 Å². The molecule has 9 heteroatoms. The monoisotopic (exact) mass is 419 g/mol. The zero-order valence-electron chi connectivity index (χ0n) is 17.0. The number of imidazole rings is 1. The molecule has 1 amide bonds. The first kappa shape index (κ1) is 19.2. The molecule has 0 unspecified atom stereocenters. The highest BCUT2D eigenvalue weighted by Crippen LogP contribution is 2.36.